The largest absolute Gasteiger partial charge is 0.489 e. The van der Waals surface area contributed by atoms with E-state index in [0.717, 1.165) is 55.8 Å². The molecule has 0 radical (unpaired) electrons. The van der Waals surface area contributed by atoms with E-state index >= 15 is 0 Å². The number of nitrogens with zero attached hydrogens (tertiary/aromatic N) is 1. The third-order valence-corrected chi connectivity index (χ3v) is 10.3. The summed E-state index contributed by atoms with van der Waals surface area (Å²) in [4.78, 5) is 2.34. The maximum absolute atomic E-state index is 14.3. The first-order chi connectivity index (χ1) is 21.8. The lowest BCUT2D eigenvalue weighted by atomic mass is 9.92. The average Bonchev–Trinajstić information content (AvgIpc) is 3.51. The summed E-state index contributed by atoms with van der Waals surface area (Å²) in [6.07, 6.45) is 5.63. The van der Waals surface area contributed by atoms with Gasteiger partial charge in [0.05, 0.1) is 18.8 Å². The van der Waals surface area contributed by atoms with Gasteiger partial charge in [0, 0.05) is 43.6 Å². The van der Waals surface area contributed by atoms with Crippen LogP contribution in [0.25, 0.3) is 0 Å². The molecule has 0 spiro atoms. The van der Waals surface area contributed by atoms with Crippen molar-refractivity contribution in [3.05, 3.63) is 100 Å². The molecule has 3 N–H and O–H groups in total. The summed E-state index contributed by atoms with van der Waals surface area (Å²) in [5.74, 6) is -0.136. The van der Waals surface area contributed by atoms with Crippen LogP contribution >= 0.6 is 11.8 Å². The second kappa shape index (κ2) is 14.5. The Hall–Kier alpha value is -2.53. The van der Waals surface area contributed by atoms with Crippen molar-refractivity contribution < 1.29 is 28.1 Å². The summed E-state index contributed by atoms with van der Waals surface area (Å²) in [7, 11) is 0. The molecule has 6 nitrogen and oxygen atoms in total. The van der Waals surface area contributed by atoms with E-state index in [1.807, 2.05) is 6.26 Å². The third kappa shape index (κ3) is 7.72. The van der Waals surface area contributed by atoms with E-state index in [1.165, 1.54) is 22.8 Å². The molecular formula is C36H44F2N2O4S. The molecule has 0 bridgehead atoms. The van der Waals surface area contributed by atoms with E-state index in [1.54, 1.807) is 11.8 Å². The van der Waals surface area contributed by atoms with Gasteiger partial charge in [-0.15, -0.1) is 11.8 Å². The van der Waals surface area contributed by atoms with Crippen LogP contribution in [-0.4, -0.2) is 65.7 Å². The SMILES string of the molecule is CCc1ccc(C2CC(O)CC(SC)O2)cc1Cc1ccc(OC2CCN(C3COC(c4cc(F)ccc4F)C(N)C3)C2)cc1. The number of rotatable bonds is 9. The highest BCUT2D eigenvalue weighted by molar-refractivity contribution is 7.99. The Morgan fingerprint density at radius 3 is 2.60 bits per heavy atom. The lowest BCUT2D eigenvalue weighted by Gasteiger charge is -2.38. The van der Waals surface area contributed by atoms with Crippen molar-refractivity contribution in [3.8, 4) is 5.75 Å². The first-order valence-corrected chi connectivity index (χ1v) is 17.4. The molecule has 0 amide bonds. The molecule has 242 valence electrons. The van der Waals surface area contributed by atoms with Gasteiger partial charge < -0.3 is 25.1 Å². The van der Waals surface area contributed by atoms with Crippen LogP contribution in [0, 0.1) is 11.6 Å². The van der Waals surface area contributed by atoms with Crippen molar-refractivity contribution in [2.24, 2.45) is 5.73 Å². The fourth-order valence-electron chi connectivity index (χ4n) is 7.01. The van der Waals surface area contributed by atoms with Crippen molar-refractivity contribution in [2.75, 3.05) is 26.0 Å². The van der Waals surface area contributed by atoms with Gasteiger partial charge in [-0.2, -0.15) is 0 Å². The Bertz CT molecular complexity index is 1440. The number of hydrogen-bond acceptors (Lipinski definition) is 7. The van der Waals surface area contributed by atoms with Crippen LogP contribution in [0.4, 0.5) is 8.78 Å². The number of benzene rings is 3. The predicted octanol–water partition coefficient (Wildman–Crippen LogP) is 6.33. The maximum atomic E-state index is 14.3. The second-order valence-electron chi connectivity index (χ2n) is 12.6. The highest BCUT2D eigenvalue weighted by Gasteiger charge is 2.37. The van der Waals surface area contributed by atoms with E-state index in [-0.39, 0.29) is 35.4 Å². The maximum Gasteiger partial charge on any atom is 0.129 e. The minimum atomic E-state index is -0.651. The standard InChI is InChI=1S/C36H44F2N2O4S/c1-3-23-6-7-24(34-18-28(41)19-35(44-34)45-2)15-25(23)14-22-4-9-29(10-5-22)43-30-12-13-40(20-30)27-17-33(39)36(42-21-27)31-16-26(37)8-11-32(31)38/h4-11,15-16,27-28,30,33-36,41H,3,12-14,17-21,39H2,1-2H3. The molecule has 3 fully saturated rings. The van der Waals surface area contributed by atoms with Gasteiger partial charge in [-0.1, -0.05) is 37.3 Å². The Morgan fingerprint density at radius 2 is 1.84 bits per heavy atom. The number of likely N-dealkylation sites (tertiary alicyclic amines) is 1. The highest BCUT2D eigenvalue weighted by atomic mass is 32.2. The molecule has 3 aliphatic heterocycles. The summed E-state index contributed by atoms with van der Waals surface area (Å²) < 4.78 is 46.7. The van der Waals surface area contributed by atoms with E-state index < -0.39 is 23.8 Å². The zero-order valence-electron chi connectivity index (χ0n) is 26.0. The van der Waals surface area contributed by atoms with Crippen LogP contribution in [0.1, 0.15) is 72.6 Å². The zero-order chi connectivity index (χ0) is 31.5. The molecule has 6 rings (SSSR count). The molecule has 3 aromatic rings. The van der Waals surface area contributed by atoms with Gasteiger partial charge >= 0.3 is 0 Å². The summed E-state index contributed by atoms with van der Waals surface area (Å²) in [6, 6.07) is 18.1. The average molecular weight is 639 g/mol. The highest BCUT2D eigenvalue weighted by Crippen LogP contribution is 2.36. The van der Waals surface area contributed by atoms with E-state index in [2.05, 4.69) is 54.3 Å². The predicted molar refractivity (Wildman–Crippen MR) is 173 cm³/mol. The number of nitrogens with two attached hydrogens (primary N) is 1. The van der Waals surface area contributed by atoms with Crippen molar-refractivity contribution in [1.82, 2.24) is 4.90 Å². The third-order valence-electron chi connectivity index (χ3n) is 9.49. The Kier molecular flexibility index (Phi) is 10.4. The summed E-state index contributed by atoms with van der Waals surface area (Å²) in [5.41, 5.74) is 11.6. The minimum Gasteiger partial charge on any atom is -0.489 e. The number of hydrogen-bond donors (Lipinski definition) is 2. The van der Waals surface area contributed by atoms with Crippen LogP contribution in [-0.2, 0) is 22.3 Å². The summed E-state index contributed by atoms with van der Waals surface area (Å²) in [5, 5.41) is 10.4. The number of ether oxygens (including phenoxy) is 3. The van der Waals surface area contributed by atoms with Crippen LogP contribution in [0.15, 0.2) is 60.7 Å². The van der Waals surface area contributed by atoms with Crippen LogP contribution in [0.3, 0.4) is 0 Å². The first kappa shape index (κ1) is 32.4. The van der Waals surface area contributed by atoms with E-state index in [4.69, 9.17) is 19.9 Å². The Labute approximate surface area is 269 Å². The molecule has 3 aromatic carbocycles. The normalized spacial score (nSPS) is 29.2. The molecule has 3 saturated heterocycles. The minimum absolute atomic E-state index is 0.0196. The number of halogens is 2. The van der Waals surface area contributed by atoms with E-state index in [9.17, 15) is 13.9 Å². The van der Waals surface area contributed by atoms with Crippen molar-refractivity contribution in [1.29, 1.82) is 0 Å². The van der Waals surface area contributed by atoms with Crippen molar-refractivity contribution in [3.63, 3.8) is 0 Å². The van der Waals surface area contributed by atoms with Gasteiger partial charge in [0.25, 0.3) is 0 Å². The van der Waals surface area contributed by atoms with Crippen LogP contribution in [0.2, 0.25) is 0 Å². The molecule has 45 heavy (non-hydrogen) atoms. The van der Waals surface area contributed by atoms with Gasteiger partial charge in [-0.25, -0.2) is 8.78 Å². The summed E-state index contributed by atoms with van der Waals surface area (Å²) >= 11 is 1.65. The zero-order valence-corrected chi connectivity index (χ0v) is 26.9. The number of thioether (sulfide) groups is 1. The van der Waals surface area contributed by atoms with Crippen molar-refractivity contribution >= 4 is 11.8 Å². The fraction of sp³-hybridized carbons (Fsp3) is 0.500. The second-order valence-corrected chi connectivity index (χ2v) is 13.6. The molecule has 3 heterocycles. The fourth-order valence-corrected chi connectivity index (χ4v) is 7.67. The van der Waals surface area contributed by atoms with Gasteiger partial charge in [-0.05, 0) is 84.5 Å². The molecule has 7 unspecified atom stereocenters. The monoisotopic (exact) mass is 638 g/mol. The molecular weight excluding hydrogens is 594 g/mol. The molecule has 0 saturated carbocycles. The van der Waals surface area contributed by atoms with Crippen LogP contribution < -0.4 is 10.5 Å². The number of aryl methyl sites for hydroxylation is 1. The lowest BCUT2D eigenvalue weighted by Crippen LogP contribution is -2.49. The van der Waals surface area contributed by atoms with Gasteiger partial charge in [0.2, 0.25) is 0 Å². The van der Waals surface area contributed by atoms with Gasteiger partial charge in [0.15, 0.2) is 0 Å². The summed E-state index contributed by atoms with van der Waals surface area (Å²) in [6.45, 7) is 4.24. The number of aliphatic hydroxyl groups is 1. The van der Waals surface area contributed by atoms with Gasteiger partial charge in [0.1, 0.15) is 35.0 Å². The first-order valence-electron chi connectivity index (χ1n) is 16.1. The quantitative estimate of drug-likeness (QED) is 0.284. The van der Waals surface area contributed by atoms with Crippen LogP contribution in [0.5, 0.6) is 5.75 Å². The van der Waals surface area contributed by atoms with E-state index in [0.29, 0.717) is 25.9 Å². The molecule has 0 aromatic heterocycles. The molecule has 0 aliphatic carbocycles. The Morgan fingerprint density at radius 1 is 1.02 bits per heavy atom. The van der Waals surface area contributed by atoms with Gasteiger partial charge in [-0.3, -0.25) is 4.90 Å². The lowest BCUT2D eigenvalue weighted by molar-refractivity contribution is -0.0605. The molecule has 7 atom stereocenters. The number of aliphatic hydroxyl groups excluding tert-OH is 1. The molecule has 9 heteroatoms. The Balaban J connectivity index is 1.03. The van der Waals surface area contributed by atoms with Crippen molar-refractivity contribution in [2.45, 2.75) is 87.4 Å². The smallest absolute Gasteiger partial charge is 0.129 e. The molecule has 3 aliphatic rings. The topological polar surface area (TPSA) is 77.2 Å².